The molecule has 0 radical (unpaired) electrons. The summed E-state index contributed by atoms with van der Waals surface area (Å²) in [6.45, 7) is 6.40. The number of methoxy groups -OCH3 is 1. The molecular weight excluding hydrogens is 480 g/mol. The average molecular weight is 513 g/mol. The number of para-hydroxylation sites is 1. The molecule has 1 aliphatic heterocycles. The van der Waals surface area contributed by atoms with Crippen LogP contribution in [0.5, 0.6) is 11.5 Å². The van der Waals surface area contributed by atoms with Gasteiger partial charge in [-0.25, -0.2) is 14.8 Å². The Morgan fingerprint density at radius 1 is 1.19 bits per heavy atom. The summed E-state index contributed by atoms with van der Waals surface area (Å²) >= 11 is 6.23. The van der Waals surface area contributed by atoms with Gasteiger partial charge in [0.15, 0.2) is 11.5 Å². The summed E-state index contributed by atoms with van der Waals surface area (Å²) < 4.78 is 11.6. The second-order valence-electron chi connectivity index (χ2n) is 8.98. The summed E-state index contributed by atoms with van der Waals surface area (Å²) in [6, 6.07) is 8.55. The van der Waals surface area contributed by atoms with Crippen LogP contribution in [0, 0.1) is 12.8 Å². The van der Waals surface area contributed by atoms with Crippen molar-refractivity contribution in [3.63, 3.8) is 0 Å². The van der Waals surface area contributed by atoms with Crippen LogP contribution in [0.3, 0.4) is 0 Å². The van der Waals surface area contributed by atoms with Gasteiger partial charge in [-0.2, -0.15) is 0 Å². The number of carbonyl (C=O) groups excluding carboxylic acids is 1. The number of amides is 2. The Morgan fingerprint density at radius 3 is 2.72 bits per heavy atom. The Kier molecular flexibility index (Phi) is 8.79. The number of rotatable bonds is 9. The first-order valence-electron chi connectivity index (χ1n) is 12.2. The van der Waals surface area contributed by atoms with Crippen LogP contribution in [0.4, 0.5) is 16.3 Å². The van der Waals surface area contributed by atoms with Gasteiger partial charge in [0.05, 0.1) is 29.9 Å². The number of nitrogens with zero attached hydrogens (tertiary/aromatic N) is 3. The molecule has 9 nitrogen and oxygen atoms in total. The highest BCUT2D eigenvalue weighted by Gasteiger charge is 2.18. The minimum atomic E-state index is -0.457. The number of likely N-dealkylation sites (tertiary alicyclic amines) is 1. The van der Waals surface area contributed by atoms with Gasteiger partial charge in [-0.1, -0.05) is 23.7 Å². The minimum Gasteiger partial charge on any atom is -0.493 e. The van der Waals surface area contributed by atoms with Gasteiger partial charge in [-0.05, 0) is 69.4 Å². The van der Waals surface area contributed by atoms with Crippen molar-refractivity contribution in [2.45, 2.75) is 26.2 Å². The number of ether oxygens (including phenoxy) is 2. The largest absolute Gasteiger partial charge is 0.493 e. The van der Waals surface area contributed by atoms with E-state index in [9.17, 15) is 4.79 Å². The van der Waals surface area contributed by atoms with Crippen molar-refractivity contribution in [2.24, 2.45) is 11.7 Å². The zero-order chi connectivity index (χ0) is 25.5. The number of aromatic nitrogens is 2. The van der Waals surface area contributed by atoms with E-state index in [2.05, 4.69) is 25.5 Å². The Morgan fingerprint density at radius 2 is 2.00 bits per heavy atom. The highest BCUT2D eigenvalue weighted by Crippen LogP contribution is 2.34. The summed E-state index contributed by atoms with van der Waals surface area (Å²) in [7, 11) is 1.58. The van der Waals surface area contributed by atoms with Gasteiger partial charge in [0, 0.05) is 18.0 Å². The van der Waals surface area contributed by atoms with Gasteiger partial charge in [0.1, 0.15) is 12.1 Å². The van der Waals surface area contributed by atoms with Gasteiger partial charge in [0.25, 0.3) is 0 Å². The van der Waals surface area contributed by atoms with Gasteiger partial charge >= 0.3 is 6.03 Å². The summed E-state index contributed by atoms with van der Waals surface area (Å²) in [6.07, 6.45) is 4.65. The quantitative estimate of drug-likeness (QED) is 0.356. The summed E-state index contributed by atoms with van der Waals surface area (Å²) in [4.78, 5) is 23.8. The molecule has 0 spiro atoms. The molecule has 4 N–H and O–H groups in total. The van der Waals surface area contributed by atoms with E-state index in [1.165, 1.54) is 19.2 Å². The maximum atomic E-state index is 12.7. The number of hydrogen-bond acceptors (Lipinski definition) is 7. The SMILES string of the molecule is COc1cc2c(NC(=O)Nc3c(C)cccc3Cl)ncnc2cc1OCCCN1CCC(CN)CC1. The highest BCUT2D eigenvalue weighted by atomic mass is 35.5. The fourth-order valence-electron chi connectivity index (χ4n) is 4.39. The molecule has 4 rings (SSSR count). The smallest absolute Gasteiger partial charge is 0.324 e. The number of carbonyl (C=O) groups is 1. The van der Waals surface area contributed by atoms with E-state index in [0.29, 0.717) is 51.5 Å². The maximum Gasteiger partial charge on any atom is 0.324 e. The van der Waals surface area contributed by atoms with E-state index in [0.717, 1.165) is 38.2 Å². The lowest BCUT2D eigenvalue weighted by Gasteiger charge is -2.31. The molecule has 0 bridgehead atoms. The average Bonchev–Trinajstić information content (AvgIpc) is 2.89. The Balaban J connectivity index is 1.40. The van der Waals surface area contributed by atoms with Crippen molar-refractivity contribution in [3.05, 3.63) is 47.2 Å². The molecule has 0 unspecified atom stereocenters. The van der Waals surface area contributed by atoms with Crippen molar-refractivity contribution in [2.75, 3.05) is 50.5 Å². The topological polar surface area (TPSA) is 115 Å². The Bertz CT molecular complexity index is 1180. The van der Waals surface area contributed by atoms with Crippen LogP contribution >= 0.6 is 11.6 Å². The van der Waals surface area contributed by atoms with Crippen LogP contribution in [0.1, 0.15) is 24.8 Å². The fraction of sp³-hybridized carbons (Fsp3) is 0.423. The lowest BCUT2D eigenvalue weighted by molar-refractivity contribution is 0.172. The van der Waals surface area contributed by atoms with Crippen LogP contribution in [0.25, 0.3) is 10.9 Å². The third-order valence-electron chi connectivity index (χ3n) is 6.53. The van der Waals surface area contributed by atoms with Crippen LogP contribution in [0.2, 0.25) is 5.02 Å². The number of benzene rings is 2. The van der Waals surface area contributed by atoms with Crippen LogP contribution in [-0.4, -0.2) is 60.8 Å². The van der Waals surface area contributed by atoms with E-state index >= 15 is 0 Å². The first kappa shape index (κ1) is 25.9. The first-order valence-corrected chi connectivity index (χ1v) is 12.6. The highest BCUT2D eigenvalue weighted by molar-refractivity contribution is 6.34. The second-order valence-corrected chi connectivity index (χ2v) is 9.38. The molecule has 1 fully saturated rings. The molecule has 0 atom stereocenters. The zero-order valence-corrected chi connectivity index (χ0v) is 21.5. The monoisotopic (exact) mass is 512 g/mol. The molecule has 36 heavy (non-hydrogen) atoms. The molecule has 2 amide bonds. The molecule has 192 valence electrons. The van der Waals surface area contributed by atoms with E-state index in [4.69, 9.17) is 26.8 Å². The van der Waals surface area contributed by atoms with Crippen molar-refractivity contribution >= 4 is 40.0 Å². The molecule has 1 aromatic heterocycles. The molecule has 3 aromatic rings. The number of hydrogen-bond donors (Lipinski definition) is 3. The predicted octanol–water partition coefficient (Wildman–Crippen LogP) is 4.68. The summed E-state index contributed by atoms with van der Waals surface area (Å²) in [5.41, 5.74) is 7.83. The summed E-state index contributed by atoms with van der Waals surface area (Å²) in [5.74, 6) is 2.17. The molecule has 2 heterocycles. The third kappa shape index (κ3) is 6.34. The standard InChI is InChI=1S/C26H33ClN6O3/c1-17-5-3-6-20(27)24(17)31-26(34)32-25-19-13-22(35-2)23(14-21(19)29-16-30-25)36-12-4-9-33-10-7-18(15-28)8-11-33/h3,5-6,13-14,16,18H,4,7-12,15,28H2,1-2H3,(H2,29,30,31,32,34). The lowest BCUT2D eigenvalue weighted by atomic mass is 9.97. The Labute approximate surface area is 216 Å². The first-order chi connectivity index (χ1) is 17.5. The molecule has 2 aromatic carbocycles. The maximum absolute atomic E-state index is 12.7. The van der Waals surface area contributed by atoms with E-state index in [1.54, 1.807) is 19.2 Å². The van der Waals surface area contributed by atoms with Crippen LogP contribution in [-0.2, 0) is 0 Å². The number of fused-ring (bicyclic) bond motifs is 1. The van der Waals surface area contributed by atoms with Gasteiger partial charge in [0.2, 0.25) is 0 Å². The van der Waals surface area contributed by atoms with Crippen LogP contribution in [0.15, 0.2) is 36.7 Å². The van der Waals surface area contributed by atoms with Crippen LogP contribution < -0.4 is 25.8 Å². The van der Waals surface area contributed by atoms with Gasteiger partial charge < -0.3 is 25.4 Å². The van der Waals surface area contributed by atoms with Gasteiger partial charge in [-0.3, -0.25) is 5.32 Å². The lowest BCUT2D eigenvalue weighted by Crippen LogP contribution is -2.37. The molecule has 1 saturated heterocycles. The third-order valence-corrected chi connectivity index (χ3v) is 6.84. The number of nitrogens with two attached hydrogens (primary N) is 1. The van der Waals surface area contributed by atoms with Crippen molar-refractivity contribution in [1.29, 1.82) is 0 Å². The van der Waals surface area contributed by atoms with E-state index in [-0.39, 0.29) is 0 Å². The minimum absolute atomic E-state index is 0.355. The number of urea groups is 1. The molecule has 1 aliphatic rings. The van der Waals surface area contributed by atoms with E-state index in [1.807, 2.05) is 25.1 Å². The number of piperidine rings is 1. The number of halogens is 1. The number of anilines is 2. The number of aryl methyl sites for hydroxylation is 1. The van der Waals surface area contributed by atoms with Crippen molar-refractivity contribution in [3.8, 4) is 11.5 Å². The predicted molar refractivity (Wildman–Crippen MR) is 143 cm³/mol. The molecule has 0 saturated carbocycles. The van der Waals surface area contributed by atoms with Crippen molar-refractivity contribution < 1.29 is 14.3 Å². The normalized spacial score (nSPS) is 14.6. The van der Waals surface area contributed by atoms with Gasteiger partial charge in [-0.15, -0.1) is 0 Å². The molecule has 10 heteroatoms. The zero-order valence-electron chi connectivity index (χ0n) is 20.7. The van der Waals surface area contributed by atoms with Crippen molar-refractivity contribution in [1.82, 2.24) is 14.9 Å². The second kappa shape index (κ2) is 12.2. The number of nitrogens with one attached hydrogen (secondary N) is 2. The molecular formula is C26H33ClN6O3. The molecule has 0 aliphatic carbocycles. The van der Waals surface area contributed by atoms with E-state index < -0.39 is 6.03 Å². The fourth-order valence-corrected chi connectivity index (χ4v) is 4.66. The summed E-state index contributed by atoms with van der Waals surface area (Å²) in [5, 5.41) is 6.67. The Hall–Kier alpha value is -3.14.